The second kappa shape index (κ2) is 2.56. The third kappa shape index (κ3) is 1.26. The molecule has 0 bridgehead atoms. The highest BCUT2D eigenvalue weighted by Gasteiger charge is 2.57. The van der Waals surface area contributed by atoms with Gasteiger partial charge < -0.3 is 9.84 Å². The number of hydrogen-bond donors (Lipinski definition) is 1. The van der Waals surface area contributed by atoms with Crippen LogP contribution in [0.3, 0.4) is 0 Å². The van der Waals surface area contributed by atoms with E-state index in [-0.39, 0.29) is 0 Å². The van der Waals surface area contributed by atoms with Gasteiger partial charge in [-0.1, -0.05) is 30.3 Å². The van der Waals surface area contributed by atoms with Gasteiger partial charge in [0.1, 0.15) is 5.60 Å². The van der Waals surface area contributed by atoms with E-state index in [2.05, 4.69) is 0 Å². The lowest BCUT2D eigenvalue weighted by molar-refractivity contribution is -0.00829. The smallest absolute Gasteiger partial charge is 0.144 e. The van der Waals surface area contributed by atoms with Gasteiger partial charge in [0.15, 0.2) is 0 Å². The molecular formula is C11H14O2. The van der Waals surface area contributed by atoms with Crippen LogP contribution in [0.1, 0.15) is 19.4 Å². The molecule has 0 radical (unpaired) electrons. The van der Waals surface area contributed by atoms with Crippen LogP contribution in [0.25, 0.3) is 0 Å². The van der Waals surface area contributed by atoms with Crippen molar-refractivity contribution >= 4 is 0 Å². The molecule has 1 saturated heterocycles. The fourth-order valence-electron chi connectivity index (χ4n) is 1.65. The maximum absolute atomic E-state index is 9.94. The first kappa shape index (κ1) is 8.73. The number of aliphatic hydroxyl groups is 1. The highest BCUT2D eigenvalue weighted by molar-refractivity contribution is 5.30. The number of rotatable bonds is 2. The monoisotopic (exact) mass is 178 g/mol. The molecule has 1 aromatic carbocycles. The van der Waals surface area contributed by atoms with E-state index < -0.39 is 11.2 Å². The third-order valence-electron chi connectivity index (χ3n) is 2.66. The predicted molar refractivity (Wildman–Crippen MR) is 50.4 cm³/mol. The van der Waals surface area contributed by atoms with Crippen molar-refractivity contribution in [1.29, 1.82) is 0 Å². The van der Waals surface area contributed by atoms with Gasteiger partial charge in [0.25, 0.3) is 0 Å². The Bertz CT molecular complexity index is 294. The first-order chi connectivity index (χ1) is 6.06. The van der Waals surface area contributed by atoms with Gasteiger partial charge in [0.05, 0.1) is 12.2 Å². The first-order valence-electron chi connectivity index (χ1n) is 4.48. The summed E-state index contributed by atoms with van der Waals surface area (Å²) in [6.07, 6.45) is 0. The molecule has 2 heteroatoms. The van der Waals surface area contributed by atoms with E-state index >= 15 is 0 Å². The van der Waals surface area contributed by atoms with Crippen molar-refractivity contribution in [1.82, 2.24) is 0 Å². The minimum absolute atomic E-state index is 0.464. The molecule has 1 fully saturated rings. The summed E-state index contributed by atoms with van der Waals surface area (Å²) < 4.78 is 5.40. The molecular weight excluding hydrogens is 164 g/mol. The van der Waals surface area contributed by atoms with Gasteiger partial charge in [-0.05, 0) is 19.4 Å². The van der Waals surface area contributed by atoms with Gasteiger partial charge in [-0.2, -0.15) is 0 Å². The highest BCUT2D eigenvalue weighted by atomic mass is 16.6. The molecule has 0 aliphatic carbocycles. The van der Waals surface area contributed by atoms with E-state index in [9.17, 15) is 5.11 Å². The van der Waals surface area contributed by atoms with Crippen molar-refractivity contribution in [2.24, 2.45) is 0 Å². The lowest BCUT2D eigenvalue weighted by atomic mass is 9.85. The normalized spacial score (nSPS) is 27.3. The Morgan fingerprint density at radius 3 is 2.23 bits per heavy atom. The molecule has 0 saturated carbocycles. The first-order valence-corrected chi connectivity index (χ1v) is 4.48. The van der Waals surface area contributed by atoms with E-state index in [1.54, 1.807) is 13.8 Å². The Kier molecular flexibility index (Phi) is 1.72. The molecule has 1 aromatic rings. The summed E-state index contributed by atoms with van der Waals surface area (Å²) in [6.45, 7) is 4.18. The van der Waals surface area contributed by atoms with E-state index in [4.69, 9.17) is 4.74 Å². The maximum atomic E-state index is 9.94. The lowest BCUT2D eigenvalue weighted by Gasteiger charge is -2.26. The molecule has 1 aliphatic heterocycles. The lowest BCUT2D eigenvalue weighted by Crippen LogP contribution is -2.37. The number of epoxide rings is 1. The summed E-state index contributed by atoms with van der Waals surface area (Å²) in [5.74, 6) is 0. The molecule has 1 atom stereocenters. The van der Waals surface area contributed by atoms with E-state index in [0.29, 0.717) is 6.61 Å². The van der Waals surface area contributed by atoms with Crippen LogP contribution >= 0.6 is 0 Å². The van der Waals surface area contributed by atoms with Gasteiger partial charge in [-0.25, -0.2) is 0 Å². The average Bonchev–Trinajstić information content (AvgIpc) is 2.84. The molecule has 1 N–H and O–H groups in total. The second-order valence-corrected chi connectivity index (χ2v) is 4.04. The van der Waals surface area contributed by atoms with Crippen LogP contribution in [0.4, 0.5) is 0 Å². The van der Waals surface area contributed by atoms with Crippen molar-refractivity contribution in [2.75, 3.05) is 6.61 Å². The SMILES string of the molecule is CC(C)(O)[C@@]1(c2ccccc2)CO1. The van der Waals surface area contributed by atoms with Gasteiger partial charge in [-0.15, -0.1) is 0 Å². The van der Waals surface area contributed by atoms with E-state index in [0.717, 1.165) is 5.56 Å². The van der Waals surface area contributed by atoms with Crippen molar-refractivity contribution in [3.05, 3.63) is 35.9 Å². The summed E-state index contributed by atoms with van der Waals surface area (Å²) in [4.78, 5) is 0. The molecule has 70 valence electrons. The minimum atomic E-state index is -0.811. The zero-order chi connectivity index (χ0) is 9.53. The molecule has 0 unspecified atom stereocenters. The quantitative estimate of drug-likeness (QED) is 0.699. The number of hydrogen-bond acceptors (Lipinski definition) is 2. The molecule has 0 aromatic heterocycles. The molecule has 2 rings (SSSR count). The van der Waals surface area contributed by atoms with Crippen LogP contribution in [-0.4, -0.2) is 17.3 Å². The van der Waals surface area contributed by atoms with E-state index in [1.807, 2.05) is 30.3 Å². The summed E-state index contributed by atoms with van der Waals surface area (Å²) >= 11 is 0. The Balaban J connectivity index is 2.37. The van der Waals surface area contributed by atoms with Crippen molar-refractivity contribution < 1.29 is 9.84 Å². The van der Waals surface area contributed by atoms with E-state index in [1.165, 1.54) is 0 Å². The second-order valence-electron chi connectivity index (χ2n) is 4.04. The van der Waals surface area contributed by atoms with Gasteiger partial charge in [-0.3, -0.25) is 0 Å². The van der Waals surface area contributed by atoms with Gasteiger partial charge >= 0.3 is 0 Å². The van der Waals surface area contributed by atoms with Crippen molar-refractivity contribution in [3.63, 3.8) is 0 Å². The van der Waals surface area contributed by atoms with Crippen molar-refractivity contribution in [3.8, 4) is 0 Å². The fraction of sp³-hybridized carbons (Fsp3) is 0.455. The number of ether oxygens (including phenoxy) is 1. The van der Waals surface area contributed by atoms with Crippen molar-refractivity contribution in [2.45, 2.75) is 25.0 Å². The summed E-state index contributed by atoms with van der Waals surface area (Å²) in [5.41, 5.74) is -0.217. The summed E-state index contributed by atoms with van der Waals surface area (Å²) in [6, 6.07) is 9.87. The average molecular weight is 178 g/mol. The van der Waals surface area contributed by atoms with Crippen LogP contribution < -0.4 is 0 Å². The van der Waals surface area contributed by atoms with Gasteiger partial charge in [0.2, 0.25) is 0 Å². The maximum Gasteiger partial charge on any atom is 0.144 e. The molecule has 0 spiro atoms. The zero-order valence-electron chi connectivity index (χ0n) is 7.95. The highest BCUT2D eigenvalue weighted by Crippen LogP contribution is 2.47. The summed E-state index contributed by atoms with van der Waals surface area (Å²) in [7, 11) is 0. The topological polar surface area (TPSA) is 32.8 Å². The fourth-order valence-corrected chi connectivity index (χ4v) is 1.65. The zero-order valence-corrected chi connectivity index (χ0v) is 7.95. The van der Waals surface area contributed by atoms with Crippen LogP contribution in [-0.2, 0) is 10.3 Å². The third-order valence-corrected chi connectivity index (χ3v) is 2.66. The molecule has 13 heavy (non-hydrogen) atoms. The Hall–Kier alpha value is -0.860. The van der Waals surface area contributed by atoms with Crippen LogP contribution in [0, 0.1) is 0 Å². The molecule has 1 heterocycles. The molecule has 0 amide bonds. The minimum Gasteiger partial charge on any atom is -0.387 e. The number of benzene rings is 1. The molecule has 2 nitrogen and oxygen atoms in total. The van der Waals surface area contributed by atoms with Crippen LogP contribution in [0.5, 0.6) is 0 Å². The largest absolute Gasteiger partial charge is 0.387 e. The molecule has 1 aliphatic rings. The predicted octanol–water partition coefficient (Wildman–Crippen LogP) is 1.68. The standard InChI is InChI=1S/C11H14O2/c1-10(2,12)11(8-13-11)9-6-4-3-5-7-9/h3-7,12H,8H2,1-2H3/t11-/m0/s1. The van der Waals surface area contributed by atoms with Gasteiger partial charge in [0, 0.05) is 0 Å². The Morgan fingerprint density at radius 1 is 1.31 bits per heavy atom. The van der Waals surface area contributed by atoms with Crippen LogP contribution in [0.2, 0.25) is 0 Å². The summed E-state index contributed by atoms with van der Waals surface area (Å²) in [5, 5.41) is 9.94. The van der Waals surface area contributed by atoms with Crippen LogP contribution in [0.15, 0.2) is 30.3 Å². The Labute approximate surface area is 78.2 Å². The Morgan fingerprint density at radius 2 is 1.85 bits per heavy atom.